The Bertz CT molecular complexity index is 494. The molecule has 6 nitrogen and oxygen atoms in total. The molecule has 0 spiro atoms. The van der Waals surface area contributed by atoms with Crippen LogP contribution in [-0.4, -0.2) is 42.2 Å². The Morgan fingerprint density at radius 2 is 2.17 bits per heavy atom. The lowest BCUT2D eigenvalue weighted by atomic mass is 10.1. The smallest absolute Gasteiger partial charge is 0.249 e. The average Bonchev–Trinajstić information content (AvgIpc) is 2.30. The number of hydrogen-bond acceptors (Lipinski definition) is 5. The molecule has 0 fully saturated rings. The minimum atomic E-state index is -0.437. The molecule has 1 unspecified atom stereocenters. The summed E-state index contributed by atoms with van der Waals surface area (Å²) in [5.41, 5.74) is 1.25. The summed E-state index contributed by atoms with van der Waals surface area (Å²) in [5, 5.41) is 2.97. The van der Waals surface area contributed by atoms with Crippen LogP contribution >= 0.6 is 11.6 Å². The van der Waals surface area contributed by atoms with E-state index in [0.29, 0.717) is 17.2 Å². The maximum atomic E-state index is 12.1. The zero-order valence-electron chi connectivity index (χ0n) is 10.7. The van der Waals surface area contributed by atoms with Gasteiger partial charge < -0.3 is 15.0 Å². The number of likely N-dealkylation sites (N-methyl/N-ethyl adjacent to an activating group) is 1. The van der Waals surface area contributed by atoms with Gasteiger partial charge in [-0.15, -0.1) is 0 Å². The molecule has 98 valence electrons. The van der Waals surface area contributed by atoms with Gasteiger partial charge in [-0.1, -0.05) is 0 Å². The van der Waals surface area contributed by atoms with Gasteiger partial charge in [0.2, 0.25) is 11.2 Å². The van der Waals surface area contributed by atoms with Gasteiger partial charge in [0.05, 0.1) is 11.8 Å². The first kappa shape index (κ1) is 13.0. The minimum Gasteiger partial charge on any atom is -0.379 e. The Hall–Kier alpha value is -1.40. The first-order chi connectivity index (χ1) is 8.45. The van der Waals surface area contributed by atoms with E-state index in [1.165, 1.54) is 0 Å². The van der Waals surface area contributed by atoms with Crippen molar-refractivity contribution in [3.8, 4) is 0 Å². The maximum absolute atomic E-state index is 12.1. The van der Waals surface area contributed by atoms with Gasteiger partial charge in [0.1, 0.15) is 11.7 Å². The lowest BCUT2D eigenvalue weighted by molar-refractivity contribution is -0.120. The van der Waals surface area contributed by atoms with Crippen molar-refractivity contribution in [3.05, 3.63) is 11.0 Å². The van der Waals surface area contributed by atoms with Crippen LogP contribution in [0.3, 0.4) is 0 Å². The summed E-state index contributed by atoms with van der Waals surface area (Å²) in [6.45, 7) is 3.61. The Morgan fingerprint density at radius 3 is 2.78 bits per heavy atom. The molecule has 0 aromatic carbocycles. The summed E-state index contributed by atoms with van der Waals surface area (Å²) in [6.07, 6.45) is -0.253. The van der Waals surface area contributed by atoms with E-state index in [1.807, 2.05) is 6.92 Å². The highest BCUT2D eigenvalue weighted by atomic mass is 35.5. The molecule has 0 aliphatic carbocycles. The molecule has 1 amide bonds. The van der Waals surface area contributed by atoms with Crippen LogP contribution in [0.15, 0.2) is 0 Å². The van der Waals surface area contributed by atoms with E-state index in [0.717, 1.165) is 0 Å². The molecule has 2 rings (SSSR count). The number of aryl methyl sites for hydroxylation is 1. The number of methoxy groups -OCH3 is 1. The van der Waals surface area contributed by atoms with Crippen molar-refractivity contribution in [2.24, 2.45) is 0 Å². The predicted octanol–water partition coefficient (Wildman–Crippen LogP) is 1.23. The average molecular weight is 271 g/mol. The highest BCUT2D eigenvalue weighted by Crippen LogP contribution is 2.33. The first-order valence-corrected chi connectivity index (χ1v) is 5.94. The summed E-state index contributed by atoms with van der Waals surface area (Å²) in [4.78, 5) is 22.0. The third-order valence-corrected chi connectivity index (χ3v) is 3.30. The zero-order valence-corrected chi connectivity index (χ0v) is 11.4. The van der Waals surface area contributed by atoms with Gasteiger partial charge in [-0.05, 0) is 25.4 Å². The minimum absolute atomic E-state index is 0.131. The van der Waals surface area contributed by atoms with Crippen LogP contribution in [0, 0.1) is 6.92 Å². The molecule has 0 saturated carbocycles. The highest BCUT2D eigenvalue weighted by Gasteiger charge is 2.37. The summed E-state index contributed by atoms with van der Waals surface area (Å²) in [7, 11) is 3.36. The number of fused-ring (bicyclic) bond motifs is 1. The highest BCUT2D eigenvalue weighted by molar-refractivity contribution is 6.28. The topological polar surface area (TPSA) is 67.3 Å². The summed E-state index contributed by atoms with van der Waals surface area (Å²) in [6, 6.07) is -0.437. The van der Waals surface area contributed by atoms with E-state index in [2.05, 4.69) is 15.3 Å². The van der Waals surface area contributed by atoms with Gasteiger partial charge >= 0.3 is 0 Å². The fourth-order valence-corrected chi connectivity index (χ4v) is 2.29. The number of carbonyl (C=O) groups is 1. The number of nitrogens with zero attached hydrogens (tertiary/aromatic N) is 3. The van der Waals surface area contributed by atoms with E-state index in [4.69, 9.17) is 16.3 Å². The molecule has 1 aromatic heterocycles. The summed E-state index contributed by atoms with van der Waals surface area (Å²) < 4.78 is 5.23. The van der Waals surface area contributed by atoms with Crippen molar-refractivity contribution in [1.82, 2.24) is 9.97 Å². The van der Waals surface area contributed by atoms with Crippen molar-refractivity contribution in [1.29, 1.82) is 0 Å². The molecular weight excluding hydrogens is 256 g/mol. The maximum Gasteiger partial charge on any atom is 0.249 e. The van der Waals surface area contributed by atoms with Gasteiger partial charge in [0.25, 0.3) is 0 Å². The molecule has 18 heavy (non-hydrogen) atoms. The molecule has 0 saturated heterocycles. The van der Waals surface area contributed by atoms with Crippen LogP contribution in [0.1, 0.15) is 12.6 Å². The normalized spacial score (nSPS) is 20.4. The number of halogens is 1. The van der Waals surface area contributed by atoms with Crippen LogP contribution < -0.4 is 10.2 Å². The third-order valence-electron chi connectivity index (χ3n) is 3.13. The van der Waals surface area contributed by atoms with Crippen molar-refractivity contribution < 1.29 is 9.53 Å². The quantitative estimate of drug-likeness (QED) is 0.819. The molecule has 1 aliphatic heterocycles. The van der Waals surface area contributed by atoms with Crippen molar-refractivity contribution >= 4 is 29.0 Å². The summed E-state index contributed by atoms with van der Waals surface area (Å²) in [5.74, 6) is 0.481. The van der Waals surface area contributed by atoms with Gasteiger partial charge in [0.15, 0.2) is 5.82 Å². The monoisotopic (exact) mass is 270 g/mol. The van der Waals surface area contributed by atoms with E-state index in [9.17, 15) is 4.79 Å². The first-order valence-electron chi connectivity index (χ1n) is 5.56. The van der Waals surface area contributed by atoms with E-state index < -0.39 is 6.04 Å². The second-order valence-corrected chi connectivity index (χ2v) is 4.60. The lowest BCUT2D eigenvalue weighted by Crippen LogP contribution is -2.53. The predicted molar refractivity (Wildman–Crippen MR) is 69.1 cm³/mol. The second kappa shape index (κ2) is 4.70. The molecule has 1 aliphatic rings. The molecule has 7 heteroatoms. The van der Waals surface area contributed by atoms with Crippen molar-refractivity contribution in [3.63, 3.8) is 0 Å². The van der Waals surface area contributed by atoms with Crippen LogP contribution in [-0.2, 0) is 9.53 Å². The molecule has 0 bridgehead atoms. The Labute approximate surface area is 110 Å². The molecule has 2 heterocycles. The molecule has 0 radical (unpaired) electrons. The fourth-order valence-electron chi connectivity index (χ4n) is 2.09. The molecule has 1 aromatic rings. The van der Waals surface area contributed by atoms with Crippen LogP contribution in [0.4, 0.5) is 11.5 Å². The standard InChI is InChI=1S/C11H15ClN4O2/c1-5-7-9(15-11(12)13-5)16(3)8(6(2)18-4)10(17)14-7/h6,8H,1-4H3,(H,14,17)/t6?,8-/m0/s1. The number of anilines is 2. The number of aromatic nitrogens is 2. The number of carbonyl (C=O) groups excluding carboxylic acids is 1. The van der Waals surface area contributed by atoms with Crippen LogP contribution in [0.2, 0.25) is 5.28 Å². The molecule has 2 atom stereocenters. The number of ether oxygens (including phenoxy) is 1. The lowest BCUT2D eigenvalue weighted by Gasteiger charge is -2.37. The number of hydrogen-bond donors (Lipinski definition) is 1. The molecule has 1 N–H and O–H groups in total. The van der Waals surface area contributed by atoms with E-state index in [1.54, 1.807) is 26.0 Å². The van der Waals surface area contributed by atoms with Gasteiger partial charge in [-0.2, -0.15) is 4.98 Å². The van der Waals surface area contributed by atoms with E-state index >= 15 is 0 Å². The Morgan fingerprint density at radius 1 is 1.50 bits per heavy atom. The van der Waals surface area contributed by atoms with Gasteiger partial charge in [-0.25, -0.2) is 4.98 Å². The largest absolute Gasteiger partial charge is 0.379 e. The SMILES string of the molecule is COC(C)[C@H]1C(=O)Nc2c(C)nc(Cl)nc2N1C. The fraction of sp³-hybridized carbons (Fsp3) is 0.545. The number of rotatable bonds is 2. The van der Waals surface area contributed by atoms with E-state index in [-0.39, 0.29) is 17.3 Å². The molecular formula is C11H15ClN4O2. The zero-order chi connectivity index (χ0) is 13.4. The van der Waals surface area contributed by atoms with Crippen LogP contribution in [0.25, 0.3) is 0 Å². The second-order valence-electron chi connectivity index (χ2n) is 4.26. The van der Waals surface area contributed by atoms with Gasteiger partial charge in [-0.3, -0.25) is 4.79 Å². The Balaban J connectivity index is 2.49. The van der Waals surface area contributed by atoms with Crippen molar-refractivity contribution in [2.45, 2.75) is 26.0 Å². The van der Waals surface area contributed by atoms with Gasteiger partial charge in [0, 0.05) is 14.2 Å². The number of amides is 1. The number of nitrogens with one attached hydrogen (secondary N) is 1. The van der Waals surface area contributed by atoms with Crippen LogP contribution in [0.5, 0.6) is 0 Å². The van der Waals surface area contributed by atoms with Crippen molar-refractivity contribution in [2.75, 3.05) is 24.4 Å². The Kier molecular flexibility index (Phi) is 3.41. The third kappa shape index (κ3) is 2.02. The summed E-state index contributed by atoms with van der Waals surface area (Å²) >= 11 is 5.85.